The van der Waals surface area contributed by atoms with Crippen molar-refractivity contribution >= 4 is 0 Å². The summed E-state index contributed by atoms with van der Waals surface area (Å²) in [5, 5.41) is 3.70. The number of hydrogen-bond donors (Lipinski definition) is 1. The maximum Gasteiger partial charge on any atom is 0.0300 e. The van der Waals surface area contributed by atoms with Gasteiger partial charge in [-0.1, -0.05) is 42.5 Å². The molecule has 0 fully saturated rings. The summed E-state index contributed by atoms with van der Waals surface area (Å²) < 4.78 is 0. The molecule has 0 saturated heterocycles. The van der Waals surface area contributed by atoms with Crippen molar-refractivity contribution in [3.8, 4) is 0 Å². The molecular formula is C19H25N. The first-order valence-electron chi connectivity index (χ1n) is 7.37. The van der Waals surface area contributed by atoms with Crippen molar-refractivity contribution in [3.05, 3.63) is 70.3 Å². The first-order valence-corrected chi connectivity index (χ1v) is 7.37. The number of rotatable bonds is 4. The molecule has 0 amide bonds. The van der Waals surface area contributed by atoms with Crippen molar-refractivity contribution < 1.29 is 0 Å². The molecule has 0 aliphatic rings. The van der Waals surface area contributed by atoms with Gasteiger partial charge in [-0.3, -0.25) is 0 Å². The van der Waals surface area contributed by atoms with E-state index in [1.807, 2.05) is 0 Å². The minimum absolute atomic E-state index is 0.351. The topological polar surface area (TPSA) is 12.0 Å². The first kappa shape index (κ1) is 14.8. The standard InChI is InChI=1S/C19H25N/c1-13-10-11-18(12-15(13)3)16(4)20-17(5)19-9-7-6-8-14(19)2/h6-12,16-17,20H,1-5H3/t16?,17-/m0/s1. The SMILES string of the molecule is Cc1ccc(C(C)N[C@@H](C)c2ccccc2C)cc1C. The third-order valence-electron chi connectivity index (χ3n) is 4.19. The zero-order valence-corrected chi connectivity index (χ0v) is 13.2. The molecule has 0 saturated carbocycles. The molecule has 0 radical (unpaired) electrons. The van der Waals surface area contributed by atoms with E-state index in [4.69, 9.17) is 0 Å². The molecule has 1 nitrogen and oxygen atoms in total. The summed E-state index contributed by atoms with van der Waals surface area (Å²) in [7, 11) is 0. The Morgan fingerprint density at radius 3 is 2.10 bits per heavy atom. The second kappa shape index (κ2) is 6.23. The van der Waals surface area contributed by atoms with E-state index in [0.29, 0.717) is 12.1 Å². The van der Waals surface area contributed by atoms with Gasteiger partial charge in [0, 0.05) is 12.1 Å². The van der Waals surface area contributed by atoms with Crippen molar-refractivity contribution in [3.63, 3.8) is 0 Å². The number of benzene rings is 2. The summed E-state index contributed by atoms with van der Waals surface area (Å²) in [5.41, 5.74) is 6.80. The third-order valence-corrected chi connectivity index (χ3v) is 4.19. The monoisotopic (exact) mass is 267 g/mol. The van der Waals surface area contributed by atoms with Crippen molar-refractivity contribution in [2.45, 2.75) is 46.7 Å². The lowest BCUT2D eigenvalue weighted by atomic mass is 9.99. The lowest BCUT2D eigenvalue weighted by molar-refractivity contribution is 0.493. The normalized spacial score (nSPS) is 14.1. The van der Waals surface area contributed by atoms with E-state index >= 15 is 0 Å². The molecule has 2 aromatic rings. The molecule has 2 atom stereocenters. The highest BCUT2D eigenvalue weighted by Crippen LogP contribution is 2.23. The molecule has 20 heavy (non-hydrogen) atoms. The maximum atomic E-state index is 3.70. The molecule has 2 rings (SSSR count). The highest BCUT2D eigenvalue weighted by molar-refractivity contribution is 5.32. The first-order chi connectivity index (χ1) is 9.49. The lowest BCUT2D eigenvalue weighted by Gasteiger charge is -2.22. The Morgan fingerprint density at radius 2 is 1.45 bits per heavy atom. The van der Waals surface area contributed by atoms with Gasteiger partial charge in [-0.15, -0.1) is 0 Å². The van der Waals surface area contributed by atoms with Gasteiger partial charge in [0.2, 0.25) is 0 Å². The van der Waals surface area contributed by atoms with E-state index in [1.54, 1.807) is 0 Å². The van der Waals surface area contributed by atoms with Crippen LogP contribution in [0.5, 0.6) is 0 Å². The van der Waals surface area contributed by atoms with Crippen LogP contribution in [-0.2, 0) is 0 Å². The predicted octanol–water partition coefficient (Wildman–Crippen LogP) is 5.02. The summed E-state index contributed by atoms with van der Waals surface area (Å²) in [6.07, 6.45) is 0. The molecule has 2 aromatic carbocycles. The highest BCUT2D eigenvalue weighted by Gasteiger charge is 2.12. The van der Waals surface area contributed by atoms with Crippen LogP contribution in [0.2, 0.25) is 0 Å². The Balaban J connectivity index is 2.13. The zero-order chi connectivity index (χ0) is 14.7. The Bertz CT molecular complexity index is 586. The van der Waals surface area contributed by atoms with Gasteiger partial charge in [0.1, 0.15) is 0 Å². The average Bonchev–Trinajstić information content (AvgIpc) is 2.42. The van der Waals surface area contributed by atoms with Gasteiger partial charge in [-0.2, -0.15) is 0 Å². The predicted molar refractivity (Wildman–Crippen MR) is 87.1 cm³/mol. The highest BCUT2D eigenvalue weighted by atomic mass is 14.9. The van der Waals surface area contributed by atoms with Crippen molar-refractivity contribution in [2.75, 3.05) is 0 Å². The summed E-state index contributed by atoms with van der Waals surface area (Å²) in [4.78, 5) is 0. The van der Waals surface area contributed by atoms with Crippen molar-refractivity contribution in [1.29, 1.82) is 0 Å². The molecule has 0 spiro atoms. The van der Waals surface area contributed by atoms with Crippen LogP contribution in [0.1, 0.15) is 53.7 Å². The van der Waals surface area contributed by atoms with Crippen LogP contribution in [0.3, 0.4) is 0 Å². The van der Waals surface area contributed by atoms with Crippen LogP contribution in [0.4, 0.5) is 0 Å². The van der Waals surface area contributed by atoms with Crippen LogP contribution in [-0.4, -0.2) is 0 Å². The van der Waals surface area contributed by atoms with Crippen LogP contribution in [0, 0.1) is 20.8 Å². The van der Waals surface area contributed by atoms with Crippen molar-refractivity contribution in [2.24, 2.45) is 0 Å². The minimum Gasteiger partial charge on any atom is -0.304 e. The number of hydrogen-bond acceptors (Lipinski definition) is 1. The number of nitrogens with one attached hydrogen (secondary N) is 1. The molecular weight excluding hydrogens is 242 g/mol. The molecule has 1 heteroatoms. The van der Waals surface area contributed by atoms with Gasteiger partial charge >= 0.3 is 0 Å². The van der Waals surface area contributed by atoms with E-state index in [-0.39, 0.29) is 0 Å². The van der Waals surface area contributed by atoms with Crippen LogP contribution >= 0.6 is 0 Å². The summed E-state index contributed by atoms with van der Waals surface area (Å²) in [5.74, 6) is 0. The van der Waals surface area contributed by atoms with Crippen LogP contribution in [0.15, 0.2) is 42.5 Å². The van der Waals surface area contributed by atoms with Crippen LogP contribution in [0.25, 0.3) is 0 Å². The second-order valence-electron chi connectivity index (χ2n) is 5.81. The molecule has 106 valence electrons. The van der Waals surface area contributed by atoms with E-state index in [9.17, 15) is 0 Å². The molecule has 1 unspecified atom stereocenters. The van der Waals surface area contributed by atoms with Crippen molar-refractivity contribution in [1.82, 2.24) is 5.32 Å². The summed E-state index contributed by atoms with van der Waals surface area (Å²) in [6.45, 7) is 11.0. The van der Waals surface area contributed by atoms with E-state index in [2.05, 4.69) is 82.4 Å². The van der Waals surface area contributed by atoms with Crippen LogP contribution < -0.4 is 5.32 Å². The van der Waals surface area contributed by atoms with Gasteiger partial charge in [0.05, 0.1) is 0 Å². The quantitative estimate of drug-likeness (QED) is 0.819. The summed E-state index contributed by atoms with van der Waals surface area (Å²) in [6, 6.07) is 16.0. The Labute approximate surface area is 123 Å². The second-order valence-corrected chi connectivity index (χ2v) is 5.81. The Morgan fingerprint density at radius 1 is 0.750 bits per heavy atom. The molecule has 0 aliphatic heterocycles. The Hall–Kier alpha value is -1.60. The van der Waals surface area contributed by atoms with E-state index < -0.39 is 0 Å². The molecule has 0 aromatic heterocycles. The maximum absolute atomic E-state index is 3.70. The van der Waals surface area contributed by atoms with Gasteiger partial charge in [-0.25, -0.2) is 0 Å². The third kappa shape index (κ3) is 3.29. The largest absolute Gasteiger partial charge is 0.304 e. The molecule has 0 heterocycles. The van der Waals surface area contributed by atoms with E-state index in [0.717, 1.165) is 0 Å². The fraction of sp³-hybridized carbons (Fsp3) is 0.368. The molecule has 0 bridgehead atoms. The minimum atomic E-state index is 0.351. The smallest absolute Gasteiger partial charge is 0.0300 e. The average molecular weight is 267 g/mol. The molecule has 0 aliphatic carbocycles. The van der Waals surface area contributed by atoms with Gasteiger partial charge in [0.25, 0.3) is 0 Å². The van der Waals surface area contributed by atoms with Gasteiger partial charge in [0.15, 0.2) is 0 Å². The zero-order valence-electron chi connectivity index (χ0n) is 13.2. The fourth-order valence-corrected chi connectivity index (χ4v) is 2.67. The number of aryl methyl sites for hydroxylation is 3. The molecule has 1 N–H and O–H groups in total. The lowest BCUT2D eigenvalue weighted by Crippen LogP contribution is -2.23. The fourth-order valence-electron chi connectivity index (χ4n) is 2.67. The summed E-state index contributed by atoms with van der Waals surface area (Å²) >= 11 is 0. The van der Waals surface area contributed by atoms with Gasteiger partial charge < -0.3 is 5.32 Å². The Kier molecular flexibility index (Phi) is 4.61. The van der Waals surface area contributed by atoms with E-state index in [1.165, 1.54) is 27.8 Å². The van der Waals surface area contributed by atoms with Gasteiger partial charge in [-0.05, 0) is 62.4 Å².